The molecule has 0 fully saturated rings. The van der Waals surface area contributed by atoms with Gasteiger partial charge in [-0.2, -0.15) is 11.8 Å². The van der Waals surface area contributed by atoms with Crippen molar-refractivity contribution in [3.05, 3.63) is 35.2 Å². The molecule has 6 heteroatoms. The molecule has 0 saturated carbocycles. The fraction of sp³-hybridized carbons (Fsp3) is 0.467. The van der Waals surface area contributed by atoms with E-state index in [1.165, 1.54) is 11.1 Å². The summed E-state index contributed by atoms with van der Waals surface area (Å²) in [5.74, 6) is 3.31. The molecule has 0 bridgehead atoms. The van der Waals surface area contributed by atoms with Gasteiger partial charge in [-0.1, -0.05) is 17.8 Å². The van der Waals surface area contributed by atoms with Gasteiger partial charge in [0, 0.05) is 5.75 Å². The second-order valence-corrected chi connectivity index (χ2v) is 6.68. The highest BCUT2D eigenvalue weighted by molar-refractivity contribution is 7.99. The molecule has 0 amide bonds. The lowest BCUT2D eigenvalue weighted by Gasteiger charge is -2.07. The standard InChI is InChI=1S/C15H20N2O2S2/c1-11-7-12(2)9-13(8-11)18-5-4-6-21-15-17-16-14(19-15)10-20-3/h7-9H,4-6,10H2,1-3H3. The van der Waals surface area contributed by atoms with Crippen molar-refractivity contribution < 1.29 is 9.15 Å². The van der Waals surface area contributed by atoms with Crippen LogP contribution in [0.15, 0.2) is 27.8 Å². The molecule has 21 heavy (non-hydrogen) atoms. The number of aromatic nitrogens is 2. The van der Waals surface area contributed by atoms with Crippen molar-refractivity contribution in [2.45, 2.75) is 31.2 Å². The highest BCUT2D eigenvalue weighted by atomic mass is 32.2. The molecular weight excluding hydrogens is 304 g/mol. The Kier molecular flexibility index (Phi) is 6.45. The molecule has 0 atom stereocenters. The van der Waals surface area contributed by atoms with E-state index in [2.05, 4.69) is 42.2 Å². The van der Waals surface area contributed by atoms with Crippen molar-refractivity contribution in [1.82, 2.24) is 10.2 Å². The zero-order valence-electron chi connectivity index (χ0n) is 12.6. The van der Waals surface area contributed by atoms with Crippen LogP contribution in [0.3, 0.4) is 0 Å². The van der Waals surface area contributed by atoms with E-state index in [1.54, 1.807) is 23.5 Å². The number of hydrogen-bond acceptors (Lipinski definition) is 6. The Balaban J connectivity index is 1.67. The van der Waals surface area contributed by atoms with Gasteiger partial charge in [0.25, 0.3) is 5.22 Å². The Labute approximate surface area is 134 Å². The lowest BCUT2D eigenvalue weighted by molar-refractivity contribution is 0.318. The second-order valence-electron chi connectivity index (χ2n) is 4.77. The van der Waals surface area contributed by atoms with Gasteiger partial charge in [-0.05, 0) is 49.8 Å². The summed E-state index contributed by atoms with van der Waals surface area (Å²) in [6.07, 6.45) is 2.96. The molecule has 0 radical (unpaired) electrons. The lowest BCUT2D eigenvalue weighted by Crippen LogP contribution is -1.99. The third-order valence-corrected chi connectivity index (χ3v) is 4.13. The van der Waals surface area contributed by atoms with Crippen LogP contribution in [0.5, 0.6) is 5.75 Å². The SMILES string of the molecule is CSCc1nnc(SCCCOc2cc(C)cc(C)c2)o1. The lowest BCUT2D eigenvalue weighted by atomic mass is 10.1. The van der Waals surface area contributed by atoms with Crippen LogP contribution in [0.25, 0.3) is 0 Å². The van der Waals surface area contributed by atoms with Crippen LogP contribution in [-0.2, 0) is 5.75 Å². The molecule has 2 aromatic rings. The highest BCUT2D eigenvalue weighted by Gasteiger charge is 2.05. The Morgan fingerprint density at radius 3 is 2.62 bits per heavy atom. The average molecular weight is 324 g/mol. The average Bonchev–Trinajstić information content (AvgIpc) is 2.85. The minimum atomic E-state index is 0.644. The predicted molar refractivity (Wildman–Crippen MR) is 88.3 cm³/mol. The normalized spacial score (nSPS) is 10.8. The number of rotatable bonds is 8. The molecule has 4 nitrogen and oxygen atoms in total. The summed E-state index contributed by atoms with van der Waals surface area (Å²) >= 11 is 3.25. The molecule has 0 aliphatic rings. The van der Waals surface area contributed by atoms with E-state index in [0.717, 1.165) is 23.7 Å². The van der Waals surface area contributed by atoms with Crippen LogP contribution in [-0.4, -0.2) is 28.8 Å². The zero-order valence-corrected chi connectivity index (χ0v) is 14.2. The van der Waals surface area contributed by atoms with Gasteiger partial charge in [0.1, 0.15) is 5.75 Å². The van der Waals surface area contributed by atoms with Crippen molar-refractivity contribution in [2.75, 3.05) is 18.6 Å². The fourth-order valence-corrected chi connectivity index (χ4v) is 2.96. The number of ether oxygens (including phenoxy) is 1. The van der Waals surface area contributed by atoms with Crippen molar-refractivity contribution in [2.24, 2.45) is 0 Å². The van der Waals surface area contributed by atoms with Crippen LogP contribution < -0.4 is 4.74 Å². The van der Waals surface area contributed by atoms with E-state index in [1.807, 2.05) is 6.26 Å². The maximum absolute atomic E-state index is 5.77. The number of aryl methyl sites for hydroxylation is 2. The quantitative estimate of drug-likeness (QED) is 0.538. The minimum Gasteiger partial charge on any atom is -0.494 e. The maximum atomic E-state index is 5.77. The molecule has 0 aliphatic heterocycles. The summed E-state index contributed by atoms with van der Waals surface area (Å²) in [4.78, 5) is 0. The van der Waals surface area contributed by atoms with Gasteiger partial charge in [0.2, 0.25) is 5.89 Å². The van der Waals surface area contributed by atoms with Crippen LogP contribution >= 0.6 is 23.5 Å². The first-order valence-electron chi connectivity index (χ1n) is 6.82. The van der Waals surface area contributed by atoms with Gasteiger partial charge in [0.05, 0.1) is 12.4 Å². The molecule has 0 N–H and O–H groups in total. The molecule has 0 saturated heterocycles. The largest absolute Gasteiger partial charge is 0.494 e. The van der Waals surface area contributed by atoms with E-state index < -0.39 is 0 Å². The number of hydrogen-bond donors (Lipinski definition) is 0. The highest BCUT2D eigenvalue weighted by Crippen LogP contribution is 2.20. The van der Waals surface area contributed by atoms with Crippen molar-refractivity contribution >= 4 is 23.5 Å². The topological polar surface area (TPSA) is 48.2 Å². The van der Waals surface area contributed by atoms with E-state index in [-0.39, 0.29) is 0 Å². The van der Waals surface area contributed by atoms with Gasteiger partial charge < -0.3 is 9.15 Å². The molecule has 1 heterocycles. The minimum absolute atomic E-state index is 0.644. The Bertz CT molecular complexity index is 552. The molecule has 0 aliphatic carbocycles. The van der Waals surface area contributed by atoms with Crippen LogP contribution in [0.1, 0.15) is 23.4 Å². The van der Waals surface area contributed by atoms with E-state index >= 15 is 0 Å². The molecular formula is C15H20N2O2S2. The van der Waals surface area contributed by atoms with Crippen molar-refractivity contribution in [1.29, 1.82) is 0 Å². The van der Waals surface area contributed by atoms with Crippen molar-refractivity contribution in [3.63, 3.8) is 0 Å². The Morgan fingerprint density at radius 1 is 1.14 bits per heavy atom. The van der Waals surface area contributed by atoms with Gasteiger partial charge in [-0.3, -0.25) is 0 Å². The fourth-order valence-electron chi connectivity index (χ4n) is 1.90. The molecule has 0 unspecified atom stereocenters. The monoisotopic (exact) mass is 324 g/mol. The summed E-state index contributed by atoms with van der Waals surface area (Å²) in [6.45, 7) is 4.86. The zero-order chi connectivity index (χ0) is 15.1. The second kappa shape index (κ2) is 8.34. The first-order chi connectivity index (χ1) is 10.2. The van der Waals surface area contributed by atoms with E-state index in [0.29, 0.717) is 17.7 Å². The first kappa shape index (κ1) is 16.2. The third-order valence-electron chi connectivity index (χ3n) is 2.69. The van der Waals surface area contributed by atoms with Gasteiger partial charge in [-0.25, -0.2) is 0 Å². The number of thioether (sulfide) groups is 2. The number of nitrogens with zero attached hydrogens (tertiary/aromatic N) is 2. The Morgan fingerprint density at radius 2 is 1.90 bits per heavy atom. The first-order valence-corrected chi connectivity index (χ1v) is 9.20. The molecule has 1 aromatic heterocycles. The van der Waals surface area contributed by atoms with Crippen LogP contribution in [0, 0.1) is 13.8 Å². The molecule has 0 spiro atoms. The summed E-state index contributed by atoms with van der Waals surface area (Å²) < 4.78 is 11.3. The van der Waals surface area contributed by atoms with Crippen LogP contribution in [0.2, 0.25) is 0 Å². The van der Waals surface area contributed by atoms with Gasteiger partial charge in [0.15, 0.2) is 0 Å². The molecule has 2 rings (SSSR count). The van der Waals surface area contributed by atoms with E-state index in [9.17, 15) is 0 Å². The third kappa shape index (κ3) is 5.63. The molecule has 114 valence electrons. The smallest absolute Gasteiger partial charge is 0.276 e. The predicted octanol–water partition coefficient (Wildman–Crippen LogP) is 4.11. The number of benzene rings is 1. The van der Waals surface area contributed by atoms with Crippen LogP contribution in [0.4, 0.5) is 0 Å². The summed E-state index contributed by atoms with van der Waals surface area (Å²) in [6, 6.07) is 6.27. The maximum Gasteiger partial charge on any atom is 0.276 e. The van der Waals surface area contributed by atoms with Gasteiger partial charge in [-0.15, -0.1) is 10.2 Å². The summed E-state index contributed by atoms with van der Waals surface area (Å²) in [5.41, 5.74) is 2.46. The summed E-state index contributed by atoms with van der Waals surface area (Å²) in [5, 5.41) is 8.63. The van der Waals surface area contributed by atoms with Gasteiger partial charge >= 0.3 is 0 Å². The van der Waals surface area contributed by atoms with E-state index in [4.69, 9.17) is 9.15 Å². The van der Waals surface area contributed by atoms with Crippen molar-refractivity contribution in [3.8, 4) is 5.75 Å². The molecule has 1 aromatic carbocycles. The Hall–Kier alpha value is -1.14. The summed E-state index contributed by atoms with van der Waals surface area (Å²) in [7, 11) is 0.